The maximum absolute atomic E-state index is 11.8. The number of nitrogens with zero attached hydrogens (tertiary/aromatic N) is 1. The third-order valence-corrected chi connectivity index (χ3v) is 2.83. The summed E-state index contributed by atoms with van der Waals surface area (Å²) < 4.78 is 4.86. The maximum atomic E-state index is 11.8. The average Bonchev–Trinajstić information content (AvgIpc) is 2.68. The number of amides is 1. The second-order valence-electron chi connectivity index (χ2n) is 6.16. The molecule has 1 amide bonds. The summed E-state index contributed by atoms with van der Waals surface area (Å²) in [6.07, 6.45) is 1.15. The standard InChI is InChI=1S/C14H22N2O4/c1-9-7-10(16-20-9)8-12(17)15-11(13(18)19)5-6-14(2,3)4/h7,11H,5-6,8H2,1-4H3,(H,15,17)(H,18,19). The molecule has 0 aliphatic carbocycles. The Bertz CT molecular complexity index is 474. The molecule has 0 fully saturated rings. The molecule has 0 aliphatic rings. The molecule has 0 aromatic carbocycles. The molecule has 1 heterocycles. The molecule has 1 rings (SSSR count). The Balaban J connectivity index is 2.52. The molecule has 0 aliphatic heterocycles. The van der Waals surface area contributed by atoms with Gasteiger partial charge in [-0.1, -0.05) is 25.9 Å². The van der Waals surface area contributed by atoms with Crippen molar-refractivity contribution in [3.05, 3.63) is 17.5 Å². The minimum Gasteiger partial charge on any atom is -0.480 e. The molecule has 0 saturated carbocycles. The van der Waals surface area contributed by atoms with E-state index in [4.69, 9.17) is 9.63 Å². The van der Waals surface area contributed by atoms with E-state index in [0.29, 0.717) is 24.3 Å². The number of aryl methyl sites for hydroxylation is 1. The van der Waals surface area contributed by atoms with E-state index in [9.17, 15) is 9.59 Å². The first-order chi connectivity index (χ1) is 9.17. The summed E-state index contributed by atoms with van der Waals surface area (Å²) in [4.78, 5) is 23.0. The summed E-state index contributed by atoms with van der Waals surface area (Å²) in [6.45, 7) is 7.83. The van der Waals surface area contributed by atoms with Crippen molar-refractivity contribution in [3.63, 3.8) is 0 Å². The van der Waals surface area contributed by atoms with Crippen LogP contribution < -0.4 is 5.32 Å². The lowest BCUT2D eigenvalue weighted by atomic mass is 9.88. The van der Waals surface area contributed by atoms with Gasteiger partial charge in [-0.15, -0.1) is 0 Å². The van der Waals surface area contributed by atoms with E-state index in [1.54, 1.807) is 13.0 Å². The molecule has 0 bridgehead atoms. The van der Waals surface area contributed by atoms with Gasteiger partial charge in [0.1, 0.15) is 11.8 Å². The van der Waals surface area contributed by atoms with Crippen LogP contribution in [0.25, 0.3) is 0 Å². The lowest BCUT2D eigenvalue weighted by Gasteiger charge is -2.21. The van der Waals surface area contributed by atoms with Crippen molar-refractivity contribution < 1.29 is 19.2 Å². The van der Waals surface area contributed by atoms with Gasteiger partial charge >= 0.3 is 5.97 Å². The number of carboxylic acids is 1. The molecule has 112 valence electrons. The molecular weight excluding hydrogens is 260 g/mol. The van der Waals surface area contributed by atoms with E-state index in [1.165, 1.54) is 0 Å². The molecule has 6 nitrogen and oxygen atoms in total. The zero-order valence-electron chi connectivity index (χ0n) is 12.4. The smallest absolute Gasteiger partial charge is 0.326 e. The zero-order chi connectivity index (χ0) is 15.3. The van der Waals surface area contributed by atoms with Crippen molar-refractivity contribution >= 4 is 11.9 Å². The number of carbonyl (C=O) groups excluding carboxylic acids is 1. The van der Waals surface area contributed by atoms with Crippen LogP contribution in [0.3, 0.4) is 0 Å². The minimum atomic E-state index is -1.01. The highest BCUT2D eigenvalue weighted by atomic mass is 16.5. The number of carboxylic acid groups (broad SMARTS) is 1. The predicted molar refractivity (Wildman–Crippen MR) is 73.2 cm³/mol. The highest BCUT2D eigenvalue weighted by Gasteiger charge is 2.23. The van der Waals surface area contributed by atoms with Gasteiger partial charge in [-0.3, -0.25) is 4.79 Å². The molecule has 2 N–H and O–H groups in total. The summed E-state index contributed by atoms with van der Waals surface area (Å²) >= 11 is 0. The van der Waals surface area contributed by atoms with Crippen molar-refractivity contribution in [2.24, 2.45) is 5.41 Å². The Morgan fingerprint density at radius 2 is 2.10 bits per heavy atom. The summed E-state index contributed by atoms with van der Waals surface area (Å²) in [5, 5.41) is 15.4. The third-order valence-electron chi connectivity index (χ3n) is 2.83. The second kappa shape index (κ2) is 6.54. The SMILES string of the molecule is Cc1cc(CC(=O)NC(CCC(C)(C)C)C(=O)O)no1. The number of carbonyl (C=O) groups is 2. The van der Waals surface area contributed by atoms with Crippen molar-refractivity contribution in [3.8, 4) is 0 Å². The molecule has 6 heteroatoms. The van der Waals surface area contributed by atoms with Crippen LogP contribution in [0.1, 0.15) is 45.1 Å². The Hall–Kier alpha value is -1.85. The first-order valence-electron chi connectivity index (χ1n) is 6.62. The summed E-state index contributed by atoms with van der Waals surface area (Å²) in [5.74, 6) is -0.756. The highest BCUT2D eigenvalue weighted by Crippen LogP contribution is 2.21. The molecule has 20 heavy (non-hydrogen) atoms. The molecule has 0 radical (unpaired) electrons. The van der Waals surface area contributed by atoms with Gasteiger partial charge in [-0.25, -0.2) is 4.79 Å². The fraction of sp³-hybridized carbons (Fsp3) is 0.643. The van der Waals surface area contributed by atoms with Gasteiger partial charge in [0, 0.05) is 6.07 Å². The van der Waals surface area contributed by atoms with Gasteiger partial charge < -0.3 is 14.9 Å². The average molecular weight is 282 g/mol. The first kappa shape index (κ1) is 16.2. The fourth-order valence-electron chi connectivity index (χ4n) is 1.75. The topological polar surface area (TPSA) is 92.4 Å². The third kappa shape index (κ3) is 5.86. The molecule has 1 unspecified atom stereocenters. The van der Waals surface area contributed by atoms with Crippen molar-refractivity contribution in [2.75, 3.05) is 0 Å². The fourth-order valence-corrected chi connectivity index (χ4v) is 1.75. The minimum absolute atomic E-state index is 0.0244. The molecule has 1 aromatic rings. The van der Waals surface area contributed by atoms with E-state index < -0.39 is 12.0 Å². The predicted octanol–water partition coefficient (Wildman–Crippen LogP) is 1.92. The van der Waals surface area contributed by atoms with Gasteiger partial charge in [-0.2, -0.15) is 0 Å². The second-order valence-corrected chi connectivity index (χ2v) is 6.16. The van der Waals surface area contributed by atoms with Crippen LogP contribution >= 0.6 is 0 Å². The van der Waals surface area contributed by atoms with Gasteiger partial charge in [0.15, 0.2) is 0 Å². The lowest BCUT2D eigenvalue weighted by molar-refractivity contribution is -0.142. The van der Waals surface area contributed by atoms with Crippen LogP contribution in [-0.2, 0) is 16.0 Å². The normalized spacial score (nSPS) is 13.0. The summed E-state index contributed by atoms with van der Waals surface area (Å²) in [6, 6.07) is 0.791. The van der Waals surface area contributed by atoms with Gasteiger partial charge in [0.25, 0.3) is 0 Å². The molecular formula is C14H22N2O4. The van der Waals surface area contributed by atoms with Crippen LogP contribution in [0.15, 0.2) is 10.6 Å². The Morgan fingerprint density at radius 1 is 1.45 bits per heavy atom. The molecule has 0 saturated heterocycles. The quantitative estimate of drug-likeness (QED) is 0.831. The van der Waals surface area contributed by atoms with E-state index in [0.717, 1.165) is 0 Å². The maximum Gasteiger partial charge on any atom is 0.326 e. The number of hydrogen-bond acceptors (Lipinski definition) is 4. The number of hydrogen-bond donors (Lipinski definition) is 2. The first-order valence-corrected chi connectivity index (χ1v) is 6.62. The molecule has 1 atom stereocenters. The largest absolute Gasteiger partial charge is 0.480 e. The Kier molecular flexibility index (Phi) is 5.30. The number of aromatic nitrogens is 1. The van der Waals surface area contributed by atoms with Crippen LogP contribution in [-0.4, -0.2) is 28.2 Å². The summed E-state index contributed by atoms with van der Waals surface area (Å²) in [7, 11) is 0. The zero-order valence-corrected chi connectivity index (χ0v) is 12.4. The van der Waals surface area contributed by atoms with E-state index >= 15 is 0 Å². The van der Waals surface area contributed by atoms with Gasteiger partial charge in [0.2, 0.25) is 5.91 Å². The molecule has 0 spiro atoms. The lowest BCUT2D eigenvalue weighted by Crippen LogP contribution is -2.42. The van der Waals surface area contributed by atoms with Gasteiger partial charge in [-0.05, 0) is 25.2 Å². The van der Waals surface area contributed by atoms with Crippen LogP contribution in [0.2, 0.25) is 0 Å². The van der Waals surface area contributed by atoms with Crippen LogP contribution in [0.5, 0.6) is 0 Å². The van der Waals surface area contributed by atoms with Crippen LogP contribution in [0, 0.1) is 12.3 Å². The van der Waals surface area contributed by atoms with E-state index in [-0.39, 0.29) is 17.7 Å². The van der Waals surface area contributed by atoms with Crippen LogP contribution in [0.4, 0.5) is 0 Å². The van der Waals surface area contributed by atoms with E-state index in [2.05, 4.69) is 10.5 Å². The monoisotopic (exact) mass is 282 g/mol. The highest BCUT2D eigenvalue weighted by molar-refractivity contribution is 5.84. The number of aliphatic carboxylic acids is 1. The molecule has 1 aromatic heterocycles. The Morgan fingerprint density at radius 3 is 2.55 bits per heavy atom. The van der Waals surface area contributed by atoms with Crippen molar-refractivity contribution in [2.45, 2.75) is 53.0 Å². The number of nitrogens with one attached hydrogen (secondary N) is 1. The number of rotatable bonds is 6. The van der Waals surface area contributed by atoms with Gasteiger partial charge in [0.05, 0.1) is 12.1 Å². The Labute approximate surface area is 118 Å². The summed E-state index contributed by atoms with van der Waals surface area (Å²) in [5.41, 5.74) is 0.529. The van der Waals surface area contributed by atoms with Crippen molar-refractivity contribution in [1.29, 1.82) is 0 Å². The van der Waals surface area contributed by atoms with E-state index in [1.807, 2.05) is 20.8 Å². The van der Waals surface area contributed by atoms with Crippen molar-refractivity contribution in [1.82, 2.24) is 10.5 Å².